The fourth-order valence-electron chi connectivity index (χ4n) is 2.35. The molecule has 110 valence electrons. The molecule has 0 saturated heterocycles. The van der Waals surface area contributed by atoms with Crippen molar-refractivity contribution in [2.24, 2.45) is 7.05 Å². The molecule has 2 aromatic heterocycles. The van der Waals surface area contributed by atoms with Crippen LogP contribution in [-0.4, -0.2) is 16.3 Å². The molecule has 0 aliphatic carbocycles. The quantitative estimate of drug-likeness (QED) is 0.804. The molecule has 0 amide bonds. The van der Waals surface area contributed by atoms with Gasteiger partial charge in [-0.2, -0.15) is 5.10 Å². The lowest BCUT2D eigenvalue weighted by Crippen LogP contribution is -2.22. The maximum Gasteiger partial charge on any atom is 0.121 e. The van der Waals surface area contributed by atoms with Crippen molar-refractivity contribution in [1.29, 1.82) is 0 Å². The second kappa shape index (κ2) is 7.29. The first kappa shape index (κ1) is 14.9. The van der Waals surface area contributed by atoms with Crippen molar-refractivity contribution in [1.82, 2.24) is 15.1 Å². The number of rotatable bonds is 8. The van der Waals surface area contributed by atoms with E-state index in [1.165, 1.54) is 5.56 Å². The van der Waals surface area contributed by atoms with Gasteiger partial charge in [-0.15, -0.1) is 0 Å². The van der Waals surface area contributed by atoms with Crippen LogP contribution in [0.4, 0.5) is 0 Å². The Balaban J connectivity index is 1.99. The molecular formula is C16H25N3O. The Kier molecular flexibility index (Phi) is 5.41. The highest BCUT2D eigenvalue weighted by atomic mass is 16.3. The average Bonchev–Trinajstić information content (AvgIpc) is 3.08. The fourth-order valence-corrected chi connectivity index (χ4v) is 2.35. The smallest absolute Gasteiger partial charge is 0.121 e. The van der Waals surface area contributed by atoms with Crippen LogP contribution < -0.4 is 5.32 Å². The van der Waals surface area contributed by atoms with Gasteiger partial charge in [0.25, 0.3) is 0 Å². The Morgan fingerprint density at radius 2 is 2.20 bits per heavy atom. The monoisotopic (exact) mass is 275 g/mol. The molecule has 1 N–H and O–H groups in total. The van der Waals surface area contributed by atoms with Gasteiger partial charge in [0.05, 0.1) is 12.2 Å². The van der Waals surface area contributed by atoms with Crippen molar-refractivity contribution in [2.75, 3.05) is 6.54 Å². The summed E-state index contributed by atoms with van der Waals surface area (Å²) in [5.74, 6) is 2.11. The topological polar surface area (TPSA) is 43.0 Å². The molecular weight excluding hydrogens is 250 g/mol. The van der Waals surface area contributed by atoms with E-state index in [0.717, 1.165) is 43.7 Å². The Labute approximate surface area is 121 Å². The van der Waals surface area contributed by atoms with Gasteiger partial charge in [-0.1, -0.05) is 13.8 Å². The highest BCUT2D eigenvalue weighted by Crippen LogP contribution is 2.22. The average molecular weight is 275 g/mol. The molecule has 2 heterocycles. The summed E-state index contributed by atoms with van der Waals surface area (Å²) in [4.78, 5) is 0. The molecule has 0 saturated carbocycles. The molecule has 0 bridgehead atoms. The van der Waals surface area contributed by atoms with E-state index in [1.54, 1.807) is 0 Å². The van der Waals surface area contributed by atoms with E-state index >= 15 is 0 Å². The van der Waals surface area contributed by atoms with Crippen molar-refractivity contribution in [3.63, 3.8) is 0 Å². The van der Waals surface area contributed by atoms with Crippen LogP contribution in [0.2, 0.25) is 0 Å². The first-order valence-corrected chi connectivity index (χ1v) is 7.52. The van der Waals surface area contributed by atoms with Crippen molar-refractivity contribution in [3.05, 3.63) is 41.6 Å². The SMILES string of the molecule is CCCNC(CCc1cnn(C)c1)c1ccc(CC)o1. The van der Waals surface area contributed by atoms with Crippen LogP contribution in [0.25, 0.3) is 0 Å². The van der Waals surface area contributed by atoms with Gasteiger partial charge in [-0.05, 0) is 43.5 Å². The summed E-state index contributed by atoms with van der Waals surface area (Å²) in [5, 5.41) is 7.80. The molecule has 20 heavy (non-hydrogen) atoms. The molecule has 0 aliphatic heterocycles. The number of nitrogens with zero attached hydrogens (tertiary/aromatic N) is 2. The highest BCUT2D eigenvalue weighted by Gasteiger charge is 2.15. The zero-order valence-corrected chi connectivity index (χ0v) is 12.7. The van der Waals surface area contributed by atoms with Crippen molar-refractivity contribution < 1.29 is 4.42 Å². The third-order valence-corrected chi connectivity index (χ3v) is 3.50. The summed E-state index contributed by atoms with van der Waals surface area (Å²) in [6, 6.07) is 4.48. The van der Waals surface area contributed by atoms with Crippen molar-refractivity contribution in [2.45, 2.75) is 45.6 Å². The summed E-state index contributed by atoms with van der Waals surface area (Å²) >= 11 is 0. The molecule has 0 spiro atoms. The van der Waals surface area contributed by atoms with Crippen LogP contribution in [-0.2, 0) is 19.9 Å². The van der Waals surface area contributed by atoms with Crippen molar-refractivity contribution >= 4 is 0 Å². The summed E-state index contributed by atoms with van der Waals surface area (Å²) in [5.41, 5.74) is 1.28. The molecule has 0 aliphatic rings. The molecule has 0 fully saturated rings. The van der Waals surface area contributed by atoms with E-state index in [2.05, 4.69) is 42.6 Å². The van der Waals surface area contributed by atoms with Gasteiger partial charge in [0, 0.05) is 19.7 Å². The Bertz CT molecular complexity index is 515. The van der Waals surface area contributed by atoms with Gasteiger partial charge >= 0.3 is 0 Å². The van der Waals surface area contributed by atoms with Gasteiger partial charge in [-0.3, -0.25) is 4.68 Å². The maximum absolute atomic E-state index is 5.90. The highest BCUT2D eigenvalue weighted by molar-refractivity contribution is 5.12. The first-order chi connectivity index (χ1) is 9.72. The fraction of sp³-hybridized carbons (Fsp3) is 0.562. The predicted octanol–water partition coefficient (Wildman–Crippen LogP) is 3.25. The zero-order chi connectivity index (χ0) is 14.4. The standard InChI is InChI=1S/C16H25N3O/c1-4-10-17-15(16-9-7-14(5-2)20-16)8-6-13-11-18-19(3)12-13/h7,9,11-12,15,17H,4-6,8,10H2,1-3H3. The molecule has 4 heteroatoms. The second-order valence-electron chi connectivity index (χ2n) is 5.23. The van der Waals surface area contributed by atoms with Crippen LogP contribution in [0.15, 0.2) is 28.9 Å². The molecule has 4 nitrogen and oxygen atoms in total. The summed E-state index contributed by atoms with van der Waals surface area (Å²) in [7, 11) is 1.95. The van der Waals surface area contributed by atoms with Crippen LogP contribution >= 0.6 is 0 Å². The van der Waals surface area contributed by atoms with Crippen LogP contribution in [0.1, 0.15) is 49.8 Å². The largest absolute Gasteiger partial charge is 0.464 e. The molecule has 0 radical (unpaired) electrons. The minimum absolute atomic E-state index is 0.287. The molecule has 1 unspecified atom stereocenters. The predicted molar refractivity (Wildman–Crippen MR) is 80.6 cm³/mol. The number of hydrogen-bond donors (Lipinski definition) is 1. The number of furan rings is 1. The second-order valence-corrected chi connectivity index (χ2v) is 5.23. The summed E-state index contributed by atoms with van der Waals surface area (Å²) < 4.78 is 7.76. The zero-order valence-electron chi connectivity index (χ0n) is 12.7. The van der Waals surface area contributed by atoms with E-state index < -0.39 is 0 Å². The van der Waals surface area contributed by atoms with Gasteiger partial charge in [0.1, 0.15) is 11.5 Å². The molecule has 2 rings (SSSR count). The molecule has 0 aromatic carbocycles. The number of aryl methyl sites for hydroxylation is 3. The van der Waals surface area contributed by atoms with Gasteiger partial charge in [0.2, 0.25) is 0 Å². The van der Waals surface area contributed by atoms with Crippen LogP contribution in [0.5, 0.6) is 0 Å². The van der Waals surface area contributed by atoms with E-state index in [4.69, 9.17) is 4.42 Å². The lowest BCUT2D eigenvalue weighted by Gasteiger charge is -2.15. The van der Waals surface area contributed by atoms with Crippen LogP contribution in [0, 0.1) is 0 Å². The molecule has 1 atom stereocenters. The van der Waals surface area contributed by atoms with Crippen LogP contribution in [0.3, 0.4) is 0 Å². The Hall–Kier alpha value is -1.55. The third kappa shape index (κ3) is 3.97. The normalized spacial score (nSPS) is 12.8. The summed E-state index contributed by atoms with van der Waals surface area (Å²) in [6.45, 7) is 5.32. The number of nitrogens with one attached hydrogen (secondary N) is 1. The van der Waals surface area contributed by atoms with E-state index in [1.807, 2.05) is 17.9 Å². The Morgan fingerprint density at radius 3 is 2.80 bits per heavy atom. The number of aromatic nitrogens is 2. The lowest BCUT2D eigenvalue weighted by molar-refractivity contribution is 0.380. The van der Waals surface area contributed by atoms with Gasteiger partial charge in [0.15, 0.2) is 0 Å². The lowest BCUT2D eigenvalue weighted by atomic mass is 10.1. The maximum atomic E-state index is 5.90. The Morgan fingerprint density at radius 1 is 1.35 bits per heavy atom. The molecule has 2 aromatic rings. The number of hydrogen-bond acceptors (Lipinski definition) is 3. The minimum Gasteiger partial charge on any atom is -0.464 e. The van der Waals surface area contributed by atoms with Crippen molar-refractivity contribution in [3.8, 4) is 0 Å². The van der Waals surface area contributed by atoms with E-state index in [9.17, 15) is 0 Å². The van der Waals surface area contributed by atoms with E-state index in [-0.39, 0.29) is 6.04 Å². The third-order valence-electron chi connectivity index (χ3n) is 3.50. The van der Waals surface area contributed by atoms with Gasteiger partial charge in [-0.25, -0.2) is 0 Å². The van der Waals surface area contributed by atoms with Gasteiger partial charge < -0.3 is 9.73 Å². The minimum atomic E-state index is 0.287. The first-order valence-electron chi connectivity index (χ1n) is 7.52. The van der Waals surface area contributed by atoms with E-state index in [0.29, 0.717) is 0 Å². The summed E-state index contributed by atoms with van der Waals surface area (Å²) in [6.07, 6.45) is 8.14.